The average Bonchev–Trinajstić information content (AvgIpc) is 2.84. The van der Waals surface area contributed by atoms with Gasteiger partial charge in [0.2, 0.25) is 6.29 Å². The number of carboxylic acids is 1. The lowest BCUT2D eigenvalue weighted by molar-refractivity contribution is -0.271. The molecule has 0 bridgehead atoms. The zero-order valence-electron chi connectivity index (χ0n) is 21.9. The summed E-state index contributed by atoms with van der Waals surface area (Å²) >= 11 is 0. The van der Waals surface area contributed by atoms with E-state index in [0.29, 0.717) is 30.6 Å². The van der Waals surface area contributed by atoms with Crippen LogP contribution in [-0.4, -0.2) is 108 Å². The number of carbonyl (C=O) groups excluding carboxylic acids is 1. The monoisotopic (exact) mass is 562 g/mol. The Labute approximate surface area is 222 Å². The predicted molar refractivity (Wildman–Crippen MR) is 135 cm³/mol. The highest BCUT2D eigenvalue weighted by molar-refractivity contribution is 7.90. The smallest absolute Gasteiger partial charge is 0.410 e. The van der Waals surface area contributed by atoms with Crippen LogP contribution in [0.4, 0.5) is 4.79 Å². The summed E-state index contributed by atoms with van der Waals surface area (Å²) in [5, 5.41) is 42.7. The van der Waals surface area contributed by atoms with Crippen molar-refractivity contribution in [1.29, 1.82) is 0 Å². The minimum absolute atomic E-state index is 0.0173. The first kappa shape index (κ1) is 31.7. The average molecular weight is 563 g/mol. The number of carbonyl (C=O) groups is 2. The van der Waals surface area contributed by atoms with Crippen LogP contribution in [0.1, 0.15) is 38.3 Å². The van der Waals surface area contributed by atoms with E-state index >= 15 is 0 Å². The van der Waals surface area contributed by atoms with Gasteiger partial charge in [-0.05, 0) is 24.1 Å². The van der Waals surface area contributed by atoms with Crippen LogP contribution in [0.25, 0.3) is 0 Å². The van der Waals surface area contributed by atoms with Crippen molar-refractivity contribution in [2.45, 2.75) is 77.1 Å². The number of nitrogens with one attached hydrogen (secondary N) is 1. The third kappa shape index (κ3) is 9.36. The molecule has 5 unspecified atom stereocenters. The number of rotatable bonds is 13. The van der Waals surface area contributed by atoms with Crippen LogP contribution < -0.4 is 10.1 Å². The highest BCUT2D eigenvalue weighted by atomic mass is 32.2. The summed E-state index contributed by atoms with van der Waals surface area (Å²) in [7, 11) is -3.25. The zero-order chi connectivity index (χ0) is 28.6. The third-order valence-corrected chi connectivity index (χ3v) is 6.65. The summed E-state index contributed by atoms with van der Waals surface area (Å²) in [5.41, 5.74) is 1.16. The molecule has 1 heterocycles. The summed E-state index contributed by atoms with van der Waals surface area (Å²) in [4.78, 5) is 25.3. The van der Waals surface area contributed by atoms with E-state index in [-0.39, 0.29) is 30.7 Å². The maximum Gasteiger partial charge on any atom is 0.410 e. The van der Waals surface area contributed by atoms with Crippen LogP contribution in [0.2, 0.25) is 0 Å². The van der Waals surface area contributed by atoms with E-state index in [1.54, 1.807) is 12.1 Å². The lowest BCUT2D eigenvalue weighted by Crippen LogP contribution is -2.61. The molecule has 2 rings (SSSR count). The number of sulfone groups is 1. The summed E-state index contributed by atoms with van der Waals surface area (Å²) in [6.07, 6.45) is -7.67. The first-order valence-corrected chi connectivity index (χ1v) is 14.3. The molecule has 0 spiro atoms. The Morgan fingerprint density at radius 1 is 1.13 bits per heavy atom. The molecule has 38 heavy (non-hydrogen) atoms. The molecule has 1 aromatic rings. The molecule has 1 aliphatic rings. The highest BCUT2D eigenvalue weighted by Crippen LogP contribution is 2.28. The van der Waals surface area contributed by atoms with E-state index in [1.165, 1.54) is 11.0 Å². The minimum Gasteiger partial charge on any atom is -0.479 e. The van der Waals surface area contributed by atoms with E-state index in [0.717, 1.165) is 6.26 Å². The summed E-state index contributed by atoms with van der Waals surface area (Å²) in [6.45, 7) is 6.25. The molecule has 5 atom stereocenters. The van der Waals surface area contributed by atoms with E-state index in [1.807, 2.05) is 20.8 Å². The highest BCUT2D eigenvalue weighted by Gasteiger charge is 2.48. The van der Waals surface area contributed by atoms with Crippen LogP contribution in [0.5, 0.6) is 5.75 Å². The molecule has 1 amide bonds. The van der Waals surface area contributed by atoms with Crippen molar-refractivity contribution in [2.24, 2.45) is 0 Å². The van der Waals surface area contributed by atoms with Gasteiger partial charge < -0.3 is 44.9 Å². The number of ether oxygens (including phenoxy) is 3. The van der Waals surface area contributed by atoms with Crippen molar-refractivity contribution < 1.29 is 52.6 Å². The number of aliphatic hydroxyl groups is 3. The predicted octanol–water partition coefficient (Wildman–Crippen LogP) is -0.151. The van der Waals surface area contributed by atoms with Crippen LogP contribution in [0.15, 0.2) is 18.2 Å². The molecule has 0 radical (unpaired) electrons. The topological polar surface area (TPSA) is 192 Å². The number of nitrogens with zero attached hydrogens (tertiary/aromatic N) is 1. The van der Waals surface area contributed by atoms with Gasteiger partial charge in [0.15, 0.2) is 6.10 Å². The van der Waals surface area contributed by atoms with Gasteiger partial charge in [0, 0.05) is 37.5 Å². The van der Waals surface area contributed by atoms with Gasteiger partial charge >= 0.3 is 12.1 Å². The first-order chi connectivity index (χ1) is 17.7. The van der Waals surface area contributed by atoms with Crippen LogP contribution in [0, 0.1) is 0 Å². The Morgan fingerprint density at radius 2 is 1.82 bits per heavy atom. The van der Waals surface area contributed by atoms with E-state index in [4.69, 9.17) is 14.2 Å². The number of carboxylic acid groups (broad SMARTS) is 1. The molecule has 0 aromatic heterocycles. The maximum absolute atomic E-state index is 12.6. The second-order valence-corrected chi connectivity index (χ2v) is 11.8. The zero-order valence-corrected chi connectivity index (χ0v) is 22.8. The molecule has 13 nitrogen and oxygen atoms in total. The number of benzene rings is 1. The Balaban J connectivity index is 2.18. The van der Waals surface area contributed by atoms with Gasteiger partial charge in [-0.3, -0.25) is 0 Å². The van der Waals surface area contributed by atoms with Crippen molar-refractivity contribution in [3.63, 3.8) is 0 Å². The van der Waals surface area contributed by atoms with Crippen molar-refractivity contribution in [2.75, 3.05) is 25.1 Å². The fourth-order valence-electron chi connectivity index (χ4n) is 3.64. The van der Waals surface area contributed by atoms with Crippen molar-refractivity contribution >= 4 is 21.9 Å². The van der Waals surface area contributed by atoms with Gasteiger partial charge in [-0.1, -0.05) is 26.8 Å². The Morgan fingerprint density at radius 3 is 2.39 bits per heavy atom. The lowest BCUT2D eigenvalue weighted by atomic mass is 9.99. The lowest BCUT2D eigenvalue weighted by Gasteiger charge is -2.38. The number of amides is 1. The van der Waals surface area contributed by atoms with Gasteiger partial charge in [-0.15, -0.1) is 0 Å². The van der Waals surface area contributed by atoms with Gasteiger partial charge in [0.1, 0.15) is 40.5 Å². The molecular weight excluding hydrogens is 524 g/mol. The first-order valence-electron chi connectivity index (χ1n) is 12.3. The van der Waals surface area contributed by atoms with Crippen LogP contribution >= 0.6 is 0 Å². The molecule has 1 aliphatic heterocycles. The normalized spacial score (nSPS) is 23.7. The van der Waals surface area contributed by atoms with Crippen molar-refractivity contribution in [1.82, 2.24) is 10.2 Å². The van der Waals surface area contributed by atoms with Gasteiger partial charge in [0.25, 0.3) is 0 Å². The second kappa shape index (κ2) is 14.1. The fraction of sp³-hybridized carbons (Fsp3) is 0.667. The van der Waals surface area contributed by atoms with E-state index in [9.17, 15) is 38.4 Å². The van der Waals surface area contributed by atoms with E-state index < -0.39 is 52.6 Å². The number of aliphatic carboxylic acids is 1. The molecule has 0 aliphatic carbocycles. The molecule has 14 heteroatoms. The molecule has 1 fully saturated rings. The summed E-state index contributed by atoms with van der Waals surface area (Å²) < 4.78 is 39.3. The largest absolute Gasteiger partial charge is 0.479 e. The number of hydrogen-bond acceptors (Lipinski definition) is 11. The molecule has 5 N–H and O–H groups in total. The summed E-state index contributed by atoms with van der Waals surface area (Å²) in [6, 6.07) is 4.90. The molecule has 0 saturated carbocycles. The van der Waals surface area contributed by atoms with Crippen LogP contribution in [-0.2, 0) is 37.3 Å². The third-order valence-electron chi connectivity index (χ3n) is 5.73. The Kier molecular flexibility index (Phi) is 11.7. The van der Waals surface area contributed by atoms with E-state index in [2.05, 4.69) is 5.32 Å². The van der Waals surface area contributed by atoms with Gasteiger partial charge in [0.05, 0.1) is 5.75 Å². The van der Waals surface area contributed by atoms with Crippen molar-refractivity contribution in [3.8, 4) is 5.75 Å². The second-order valence-electron chi connectivity index (χ2n) is 9.50. The number of hydrogen-bond donors (Lipinski definition) is 5. The van der Waals surface area contributed by atoms with Gasteiger partial charge in [-0.2, -0.15) is 0 Å². The SMILES string of the molecule is CCCN(CCS(C)(=O)=O)C(=O)OCc1ccc(OC2OC(C(=O)O)C(O)C(O)C2O)c(CNC(C)C)c1. The minimum atomic E-state index is -3.25. The Bertz CT molecular complexity index is 1050. The standard InChI is InChI=1S/C24H38N2O11S/c1-5-8-26(9-10-38(4,33)34)24(32)35-13-15-6-7-17(16(11-15)12-25-14(2)3)36-23-20(29)18(27)19(28)21(37-23)22(30)31/h6-7,11,14,18-21,23,25,27-29H,5,8-10,12-13H2,1-4H3,(H,30,31). The maximum atomic E-state index is 12.6. The molecular formula is C24H38N2O11S. The fourth-order valence-corrected chi connectivity index (χ4v) is 4.19. The molecule has 1 aromatic carbocycles. The van der Waals surface area contributed by atoms with Crippen LogP contribution in [0.3, 0.4) is 0 Å². The quantitative estimate of drug-likeness (QED) is 0.214. The van der Waals surface area contributed by atoms with Gasteiger partial charge in [-0.25, -0.2) is 18.0 Å². The Hall–Kier alpha value is -2.49. The molecule has 1 saturated heterocycles. The molecule has 216 valence electrons. The van der Waals surface area contributed by atoms with Crippen molar-refractivity contribution in [3.05, 3.63) is 29.3 Å². The number of aliphatic hydroxyl groups excluding tert-OH is 3. The summed E-state index contributed by atoms with van der Waals surface area (Å²) in [5.74, 6) is -1.49.